The van der Waals surface area contributed by atoms with Gasteiger partial charge in [-0.2, -0.15) is 5.10 Å². The second-order valence-corrected chi connectivity index (χ2v) is 4.58. The lowest BCUT2D eigenvalue weighted by atomic mass is 10.1. The highest BCUT2D eigenvalue weighted by Crippen LogP contribution is 2.08. The lowest BCUT2D eigenvalue weighted by molar-refractivity contribution is 0.577. The zero-order valence-corrected chi connectivity index (χ0v) is 11.1. The third-order valence-electron chi connectivity index (χ3n) is 3.17. The van der Waals surface area contributed by atoms with Crippen LogP contribution in [0.25, 0.3) is 0 Å². The molecule has 0 fully saturated rings. The summed E-state index contributed by atoms with van der Waals surface area (Å²) in [5, 5.41) is 7.40. The molecule has 0 bridgehead atoms. The van der Waals surface area contributed by atoms with E-state index in [1.165, 1.54) is 12.1 Å². The Hall–Kier alpha value is -1.75. The summed E-state index contributed by atoms with van der Waals surface area (Å²) in [5.41, 5.74) is 2.91. The first-order valence-corrected chi connectivity index (χ1v) is 6.19. The van der Waals surface area contributed by atoms with Crippen LogP contribution in [0.15, 0.2) is 24.4 Å². The van der Waals surface area contributed by atoms with E-state index in [4.69, 9.17) is 0 Å². The molecule has 0 atom stereocenters. The molecule has 2 aromatic rings. The summed E-state index contributed by atoms with van der Waals surface area (Å²) in [6.07, 6.45) is 2.41. The van der Waals surface area contributed by atoms with Gasteiger partial charge in [-0.25, -0.2) is 8.78 Å². The Morgan fingerprint density at radius 3 is 2.47 bits per heavy atom. The third-order valence-corrected chi connectivity index (χ3v) is 3.17. The Morgan fingerprint density at radius 1 is 1.21 bits per heavy atom. The maximum Gasteiger partial charge on any atom is 0.126 e. The molecule has 0 amide bonds. The van der Waals surface area contributed by atoms with Crippen LogP contribution >= 0.6 is 0 Å². The normalized spacial score (nSPS) is 10.9. The minimum Gasteiger partial charge on any atom is -0.312 e. The van der Waals surface area contributed by atoms with Crippen LogP contribution in [0, 0.1) is 18.6 Å². The van der Waals surface area contributed by atoms with Crippen molar-refractivity contribution in [3.63, 3.8) is 0 Å². The average molecular weight is 265 g/mol. The fourth-order valence-corrected chi connectivity index (χ4v) is 1.93. The van der Waals surface area contributed by atoms with Crippen LogP contribution in [0.3, 0.4) is 0 Å². The van der Waals surface area contributed by atoms with E-state index in [1.54, 1.807) is 0 Å². The van der Waals surface area contributed by atoms with Crippen molar-refractivity contribution in [3.8, 4) is 0 Å². The quantitative estimate of drug-likeness (QED) is 0.841. The fraction of sp³-hybridized carbons (Fsp3) is 0.357. The summed E-state index contributed by atoms with van der Waals surface area (Å²) in [6.45, 7) is 3.38. The number of nitrogens with one attached hydrogen (secondary N) is 1. The Bertz CT molecular complexity index is 544. The Labute approximate surface area is 111 Å². The zero-order chi connectivity index (χ0) is 13.8. The first-order chi connectivity index (χ1) is 9.06. The van der Waals surface area contributed by atoms with Crippen LogP contribution < -0.4 is 5.32 Å². The van der Waals surface area contributed by atoms with Gasteiger partial charge in [0.25, 0.3) is 0 Å². The van der Waals surface area contributed by atoms with Crippen molar-refractivity contribution in [2.45, 2.75) is 19.9 Å². The number of nitrogens with zero attached hydrogens (tertiary/aromatic N) is 2. The Balaban J connectivity index is 1.82. The van der Waals surface area contributed by atoms with E-state index in [2.05, 4.69) is 10.4 Å². The monoisotopic (exact) mass is 265 g/mol. The smallest absolute Gasteiger partial charge is 0.126 e. The van der Waals surface area contributed by atoms with E-state index in [-0.39, 0.29) is 0 Å². The van der Waals surface area contributed by atoms with Gasteiger partial charge in [0.15, 0.2) is 0 Å². The van der Waals surface area contributed by atoms with Crippen molar-refractivity contribution in [1.29, 1.82) is 0 Å². The largest absolute Gasteiger partial charge is 0.312 e. The van der Waals surface area contributed by atoms with Gasteiger partial charge < -0.3 is 5.32 Å². The van der Waals surface area contributed by atoms with E-state index >= 15 is 0 Å². The van der Waals surface area contributed by atoms with Crippen LogP contribution in [-0.4, -0.2) is 16.3 Å². The maximum atomic E-state index is 13.0. The van der Waals surface area contributed by atoms with Crippen LogP contribution in [0.4, 0.5) is 8.78 Å². The topological polar surface area (TPSA) is 29.9 Å². The predicted molar refractivity (Wildman–Crippen MR) is 69.7 cm³/mol. The second-order valence-electron chi connectivity index (χ2n) is 4.58. The van der Waals surface area contributed by atoms with Crippen LogP contribution in [0.1, 0.15) is 16.8 Å². The molecule has 3 nitrogen and oxygen atoms in total. The van der Waals surface area contributed by atoms with Gasteiger partial charge in [-0.05, 0) is 37.6 Å². The molecular weight excluding hydrogens is 248 g/mol. The molecule has 0 aliphatic rings. The lowest BCUT2D eigenvalue weighted by Gasteiger charge is -2.05. The molecule has 1 aromatic carbocycles. The molecule has 0 saturated carbocycles. The average Bonchev–Trinajstić information content (AvgIpc) is 2.65. The third kappa shape index (κ3) is 3.61. The van der Waals surface area contributed by atoms with Gasteiger partial charge in [-0.3, -0.25) is 4.68 Å². The molecule has 5 heteroatoms. The fourth-order valence-electron chi connectivity index (χ4n) is 1.93. The lowest BCUT2D eigenvalue weighted by Crippen LogP contribution is -2.17. The highest BCUT2D eigenvalue weighted by Gasteiger charge is 2.03. The molecule has 0 saturated heterocycles. The van der Waals surface area contributed by atoms with Crippen molar-refractivity contribution in [2.24, 2.45) is 7.05 Å². The summed E-state index contributed by atoms with van der Waals surface area (Å²) >= 11 is 0. The number of benzene rings is 1. The number of hydrogen-bond acceptors (Lipinski definition) is 2. The van der Waals surface area contributed by atoms with Gasteiger partial charge in [0.05, 0.1) is 6.20 Å². The van der Waals surface area contributed by atoms with E-state index in [0.717, 1.165) is 17.3 Å². The molecule has 1 aromatic heterocycles. The summed E-state index contributed by atoms with van der Waals surface area (Å²) in [4.78, 5) is 0. The molecule has 19 heavy (non-hydrogen) atoms. The van der Waals surface area contributed by atoms with E-state index in [9.17, 15) is 8.78 Å². The van der Waals surface area contributed by atoms with E-state index in [1.807, 2.05) is 24.9 Å². The minimum absolute atomic E-state index is 0.530. The first kappa shape index (κ1) is 13.7. The van der Waals surface area contributed by atoms with Crippen molar-refractivity contribution < 1.29 is 8.78 Å². The molecule has 0 unspecified atom stereocenters. The summed E-state index contributed by atoms with van der Waals surface area (Å²) < 4.78 is 27.8. The highest BCUT2D eigenvalue weighted by atomic mass is 19.1. The summed E-state index contributed by atoms with van der Waals surface area (Å²) in [6, 6.07) is 3.61. The molecule has 1 heterocycles. The Kier molecular flexibility index (Phi) is 4.27. The molecular formula is C14H17F2N3. The van der Waals surface area contributed by atoms with Crippen LogP contribution in [-0.2, 0) is 20.0 Å². The standard InChI is InChI=1S/C14H17F2N3/c1-10-12(9-18-19(10)2)8-17-4-3-11-5-13(15)7-14(16)6-11/h5-7,9,17H,3-4,8H2,1-2H3. The molecule has 0 radical (unpaired) electrons. The van der Waals surface area contributed by atoms with Gasteiger partial charge in [0, 0.05) is 30.9 Å². The second kappa shape index (κ2) is 5.93. The van der Waals surface area contributed by atoms with Gasteiger partial charge in [-0.15, -0.1) is 0 Å². The van der Waals surface area contributed by atoms with Crippen LogP contribution in [0.2, 0.25) is 0 Å². The van der Waals surface area contributed by atoms with Crippen molar-refractivity contribution in [2.75, 3.05) is 6.54 Å². The number of aryl methyl sites for hydroxylation is 1. The van der Waals surface area contributed by atoms with Crippen molar-refractivity contribution in [1.82, 2.24) is 15.1 Å². The van der Waals surface area contributed by atoms with Gasteiger partial charge in [-0.1, -0.05) is 0 Å². The molecule has 0 aliphatic heterocycles. The van der Waals surface area contributed by atoms with Gasteiger partial charge >= 0.3 is 0 Å². The minimum atomic E-state index is -0.530. The zero-order valence-electron chi connectivity index (χ0n) is 11.1. The molecule has 2 rings (SSSR count). The SMILES string of the molecule is Cc1c(CNCCc2cc(F)cc(F)c2)cnn1C. The van der Waals surface area contributed by atoms with Gasteiger partial charge in [0.1, 0.15) is 11.6 Å². The molecule has 0 aliphatic carbocycles. The summed E-state index contributed by atoms with van der Waals surface area (Å²) in [5.74, 6) is -1.06. The van der Waals surface area contributed by atoms with Crippen molar-refractivity contribution >= 4 is 0 Å². The highest BCUT2D eigenvalue weighted by molar-refractivity contribution is 5.18. The molecule has 0 spiro atoms. The Morgan fingerprint density at radius 2 is 1.89 bits per heavy atom. The first-order valence-electron chi connectivity index (χ1n) is 6.19. The summed E-state index contributed by atoms with van der Waals surface area (Å²) in [7, 11) is 1.90. The van der Waals surface area contributed by atoms with E-state index < -0.39 is 11.6 Å². The van der Waals surface area contributed by atoms with E-state index in [0.29, 0.717) is 25.1 Å². The molecule has 102 valence electrons. The number of halogens is 2. The van der Waals surface area contributed by atoms with Crippen LogP contribution in [0.5, 0.6) is 0 Å². The molecule has 1 N–H and O–H groups in total. The number of aromatic nitrogens is 2. The van der Waals surface area contributed by atoms with Gasteiger partial charge in [0.2, 0.25) is 0 Å². The maximum absolute atomic E-state index is 13.0. The predicted octanol–water partition coefficient (Wildman–Crippen LogP) is 2.34. The number of rotatable bonds is 5. The van der Waals surface area contributed by atoms with Crippen molar-refractivity contribution in [3.05, 3.63) is 52.9 Å². The number of hydrogen-bond donors (Lipinski definition) is 1.